The summed E-state index contributed by atoms with van der Waals surface area (Å²) in [6, 6.07) is 0. The van der Waals surface area contributed by atoms with Crippen LogP contribution in [0.25, 0.3) is 0 Å². The molecule has 0 atom stereocenters. The Morgan fingerprint density at radius 1 is 1.44 bits per heavy atom. The molecule has 0 aliphatic heterocycles. The van der Waals surface area contributed by atoms with Gasteiger partial charge in [-0.3, -0.25) is 0 Å². The minimum atomic E-state index is -3.76. The van der Waals surface area contributed by atoms with Crippen LogP contribution in [0.15, 0.2) is 5.16 Å². The predicted octanol–water partition coefficient (Wildman–Crippen LogP) is 0.288. The number of sulfonamides is 1. The average Bonchev–Trinajstić information content (AvgIpc) is 2.88. The van der Waals surface area contributed by atoms with Crippen molar-refractivity contribution in [2.24, 2.45) is 11.1 Å². The van der Waals surface area contributed by atoms with Gasteiger partial charge in [0.1, 0.15) is 5.82 Å². The molecular formula is C9H16N4O2S. The monoisotopic (exact) mass is 244 g/mol. The van der Waals surface area contributed by atoms with E-state index in [1.165, 1.54) is 12.8 Å². The van der Waals surface area contributed by atoms with Crippen LogP contribution in [0.3, 0.4) is 0 Å². The van der Waals surface area contributed by atoms with Gasteiger partial charge in [0.2, 0.25) is 0 Å². The summed E-state index contributed by atoms with van der Waals surface area (Å²) in [5.41, 5.74) is 0. The standard InChI is InChI=1S/C9H16N4O2S/c1-2-5-13-8(6-7-3-4-7)11-12-9(13)16(10,14)15/h7H,2-6H2,1H3,(H2,10,14,15). The first-order valence-electron chi connectivity index (χ1n) is 5.47. The van der Waals surface area contributed by atoms with E-state index in [4.69, 9.17) is 5.14 Å². The van der Waals surface area contributed by atoms with Crippen molar-refractivity contribution in [3.63, 3.8) is 0 Å². The maximum atomic E-state index is 11.3. The van der Waals surface area contributed by atoms with Crippen LogP contribution in [0.4, 0.5) is 0 Å². The lowest BCUT2D eigenvalue weighted by Gasteiger charge is -2.06. The second-order valence-corrected chi connectivity index (χ2v) is 5.70. The summed E-state index contributed by atoms with van der Waals surface area (Å²) in [5, 5.41) is 12.6. The Bertz CT molecular complexity index is 476. The van der Waals surface area contributed by atoms with Gasteiger partial charge >= 0.3 is 0 Å². The van der Waals surface area contributed by atoms with Crippen molar-refractivity contribution in [2.75, 3.05) is 0 Å². The van der Waals surface area contributed by atoms with Crippen molar-refractivity contribution in [2.45, 2.75) is 44.3 Å². The summed E-state index contributed by atoms with van der Waals surface area (Å²) in [7, 11) is -3.76. The van der Waals surface area contributed by atoms with E-state index < -0.39 is 10.0 Å². The van der Waals surface area contributed by atoms with E-state index in [1.807, 2.05) is 6.92 Å². The topological polar surface area (TPSA) is 90.9 Å². The molecule has 90 valence electrons. The van der Waals surface area contributed by atoms with Crippen LogP contribution >= 0.6 is 0 Å². The quantitative estimate of drug-likeness (QED) is 0.805. The molecule has 0 radical (unpaired) electrons. The van der Waals surface area contributed by atoms with Crippen LogP contribution in [-0.4, -0.2) is 23.2 Å². The second-order valence-electron chi connectivity index (χ2n) is 4.24. The minimum absolute atomic E-state index is 0.106. The van der Waals surface area contributed by atoms with Gasteiger partial charge in [0.15, 0.2) is 0 Å². The summed E-state index contributed by atoms with van der Waals surface area (Å²) in [4.78, 5) is 0. The Hall–Kier alpha value is -0.950. The summed E-state index contributed by atoms with van der Waals surface area (Å²) >= 11 is 0. The zero-order chi connectivity index (χ0) is 11.8. The second kappa shape index (κ2) is 4.14. The zero-order valence-corrected chi connectivity index (χ0v) is 10.1. The van der Waals surface area contributed by atoms with Crippen molar-refractivity contribution < 1.29 is 8.42 Å². The van der Waals surface area contributed by atoms with Gasteiger partial charge < -0.3 is 4.57 Å². The molecule has 1 heterocycles. The molecular weight excluding hydrogens is 228 g/mol. The van der Waals surface area contributed by atoms with Crippen molar-refractivity contribution >= 4 is 10.0 Å². The van der Waals surface area contributed by atoms with E-state index in [0.29, 0.717) is 12.5 Å². The molecule has 6 nitrogen and oxygen atoms in total. The van der Waals surface area contributed by atoms with Crippen molar-refractivity contribution in [3.8, 4) is 0 Å². The number of aromatic nitrogens is 3. The fourth-order valence-corrected chi connectivity index (χ4v) is 2.37. The van der Waals surface area contributed by atoms with Crippen molar-refractivity contribution in [3.05, 3.63) is 5.82 Å². The summed E-state index contributed by atoms with van der Waals surface area (Å²) in [5.74, 6) is 1.39. The molecule has 1 fully saturated rings. The van der Waals surface area contributed by atoms with Gasteiger partial charge in [-0.25, -0.2) is 13.6 Å². The molecule has 7 heteroatoms. The Labute approximate surface area is 94.9 Å². The van der Waals surface area contributed by atoms with Crippen LogP contribution in [0, 0.1) is 5.92 Å². The maximum absolute atomic E-state index is 11.3. The summed E-state index contributed by atoms with van der Waals surface area (Å²) in [6.45, 7) is 2.58. The third-order valence-electron chi connectivity index (χ3n) is 2.66. The number of hydrogen-bond donors (Lipinski definition) is 1. The Balaban J connectivity index is 2.33. The molecule has 1 aliphatic carbocycles. The third kappa shape index (κ3) is 2.41. The Morgan fingerprint density at radius 3 is 2.62 bits per heavy atom. The van der Waals surface area contributed by atoms with Gasteiger partial charge in [0, 0.05) is 13.0 Å². The van der Waals surface area contributed by atoms with Crippen molar-refractivity contribution in [1.29, 1.82) is 0 Å². The van der Waals surface area contributed by atoms with E-state index in [1.54, 1.807) is 4.57 Å². The van der Waals surface area contributed by atoms with Gasteiger partial charge in [-0.05, 0) is 25.2 Å². The van der Waals surface area contributed by atoms with E-state index in [-0.39, 0.29) is 5.16 Å². The fourth-order valence-electron chi connectivity index (χ4n) is 1.71. The first kappa shape index (κ1) is 11.5. The maximum Gasteiger partial charge on any atom is 0.273 e. The molecule has 0 unspecified atom stereocenters. The van der Waals surface area contributed by atoms with Gasteiger partial charge in [-0.1, -0.05) is 6.92 Å². The Kier molecular flexibility index (Phi) is 2.98. The lowest BCUT2D eigenvalue weighted by Crippen LogP contribution is -2.19. The number of nitrogens with zero attached hydrogens (tertiary/aromatic N) is 3. The highest BCUT2D eigenvalue weighted by Crippen LogP contribution is 2.32. The van der Waals surface area contributed by atoms with Crippen LogP contribution < -0.4 is 5.14 Å². The zero-order valence-electron chi connectivity index (χ0n) is 9.26. The molecule has 1 saturated carbocycles. The fraction of sp³-hybridized carbons (Fsp3) is 0.778. The van der Waals surface area contributed by atoms with Crippen LogP contribution in [0.2, 0.25) is 0 Å². The first-order valence-corrected chi connectivity index (χ1v) is 7.02. The summed E-state index contributed by atoms with van der Waals surface area (Å²) < 4.78 is 24.2. The number of primary sulfonamides is 1. The highest BCUT2D eigenvalue weighted by Gasteiger charge is 2.27. The van der Waals surface area contributed by atoms with E-state index in [2.05, 4.69) is 10.2 Å². The predicted molar refractivity (Wildman–Crippen MR) is 58.1 cm³/mol. The summed E-state index contributed by atoms with van der Waals surface area (Å²) in [6.07, 6.45) is 4.04. The number of rotatable bonds is 5. The molecule has 0 saturated heterocycles. The van der Waals surface area contributed by atoms with Crippen LogP contribution in [0.1, 0.15) is 32.0 Å². The van der Waals surface area contributed by atoms with E-state index in [0.717, 1.165) is 18.7 Å². The van der Waals surface area contributed by atoms with E-state index >= 15 is 0 Å². The largest absolute Gasteiger partial charge is 0.301 e. The lowest BCUT2D eigenvalue weighted by atomic mass is 10.3. The lowest BCUT2D eigenvalue weighted by molar-refractivity contribution is 0.543. The van der Waals surface area contributed by atoms with Crippen LogP contribution in [-0.2, 0) is 23.0 Å². The molecule has 1 aliphatic rings. The van der Waals surface area contributed by atoms with Gasteiger partial charge in [0.05, 0.1) is 0 Å². The SMILES string of the molecule is CCCn1c(CC2CC2)nnc1S(N)(=O)=O. The number of nitrogens with two attached hydrogens (primary N) is 1. The van der Waals surface area contributed by atoms with Gasteiger partial charge in [0.25, 0.3) is 15.2 Å². The molecule has 16 heavy (non-hydrogen) atoms. The highest BCUT2D eigenvalue weighted by molar-refractivity contribution is 7.89. The molecule has 0 aromatic carbocycles. The number of hydrogen-bond acceptors (Lipinski definition) is 4. The molecule has 2 N–H and O–H groups in total. The smallest absolute Gasteiger partial charge is 0.273 e. The molecule has 2 rings (SSSR count). The van der Waals surface area contributed by atoms with Crippen LogP contribution in [0.5, 0.6) is 0 Å². The van der Waals surface area contributed by atoms with Gasteiger partial charge in [-0.2, -0.15) is 0 Å². The molecule has 0 bridgehead atoms. The third-order valence-corrected chi connectivity index (χ3v) is 3.47. The molecule has 1 aromatic heterocycles. The molecule has 0 spiro atoms. The molecule has 0 amide bonds. The molecule has 1 aromatic rings. The van der Waals surface area contributed by atoms with Gasteiger partial charge in [-0.15, -0.1) is 10.2 Å². The minimum Gasteiger partial charge on any atom is -0.301 e. The average molecular weight is 244 g/mol. The normalized spacial score (nSPS) is 16.6. The first-order chi connectivity index (χ1) is 7.52. The highest BCUT2D eigenvalue weighted by atomic mass is 32.2. The van der Waals surface area contributed by atoms with E-state index in [9.17, 15) is 8.42 Å². The van der Waals surface area contributed by atoms with Crippen molar-refractivity contribution in [1.82, 2.24) is 14.8 Å². The Morgan fingerprint density at radius 2 is 2.12 bits per heavy atom.